The molecule has 68 valence electrons. The number of nitrogens with zero attached hydrogens (tertiary/aromatic N) is 1. The molecule has 0 spiro atoms. The van der Waals surface area contributed by atoms with Crippen LogP contribution in [0.5, 0.6) is 0 Å². The van der Waals surface area contributed by atoms with Crippen molar-refractivity contribution in [1.82, 2.24) is 5.32 Å². The summed E-state index contributed by atoms with van der Waals surface area (Å²) in [6.45, 7) is 8.19. The van der Waals surface area contributed by atoms with Crippen LogP contribution >= 0.6 is 0 Å². The Hall–Kier alpha value is -1.45. The van der Waals surface area contributed by atoms with Gasteiger partial charge < -0.3 is 16.8 Å². The molecule has 0 aromatic carbocycles. The first-order valence-corrected chi connectivity index (χ1v) is 3.77. The van der Waals surface area contributed by atoms with Gasteiger partial charge in [0.1, 0.15) is 0 Å². The van der Waals surface area contributed by atoms with Gasteiger partial charge in [0.25, 0.3) is 0 Å². The highest BCUT2D eigenvalue weighted by molar-refractivity contribution is 5.54. The zero-order valence-corrected chi connectivity index (χ0v) is 7.59. The Morgan fingerprint density at radius 1 is 1.67 bits per heavy atom. The Labute approximate surface area is 73.0 Å². The topological polar surface area (TPSA) is 76.4 Å². The highest BCUT2D eigenvalue weighted by Crippen LogP contribution is 2.05. The molecule has 4 heteroatoms. The quantitative estimate of drug-likeness (QED) is 0.321. The Morgan fingerprint density at radius 3 is 2.58 bits per heavy atom. The lowest BCUT2D eigenvalue weighted by atomic mass is 10.3. The van der Waals surface area contributed by atoms with Crippen molar-refractivity contribution in [3.05, 3.63) is 23.7 Å². The van der Waals surface area contributed by atoms with Gasteiger partial charge in [-0.3, -0.25) is 0 Å². The molecule has 0 aliphatic carbocycles. The van der Waals surface area contributed by atoms with Gasteiger partial charge in [0.05, 0.1) is 17.7 Å². The second-order valence-electron chi connectivity index (χ2n) is 2.29. The molecule has 0 aromatic heterocycles. The molecule has 0 heterocycles. The van der Waals surface area contributed by atoms with Crippen LogP contribution in [0.3, 0.4) is 0 Å². The van der Waals surface area contributed by atoms with E-state index in [0.717, 1.165) is 17.9 Å². The normalized spacial score (nSPS) is 12.8. The van der Waals surface area contributed by atoms with E-state index in [0.29, 0.717) is 5.70 Å². The molecule has 0 radical (unpaired) electrons. The zero-order chi connectivity index (χ0) is 9.56. The predicted octanol–water partition coefficient (Wildman–Crippen LogP) is 0.287. The van der Waals surface area contributed by atoms with Gasteiger partial charge in [0.15, 0.2) is 0 Å². The van der Waals surface area contributed by atoms with Crippen LogP contribution in [0.2, 0.25) is 0 Å². The largest absolute Gasteiger partial charge is 0.397 e. The molecule has 5 N–H and O–H groups in total. The molecule has 0 atom stereocenters. The summed E-state index contributed by atoms with van der Waals surface area (Å²) in [6.07, 6.45) is 1.23. The van der Waals surface area contributed by atoms with E-state index in [1.165, 1.54) is 6.34 Å². The fourth-order valence-corrected chi connectivity index (χ4v) is 0.827. The third kappa shape index (κ3) is 3.09. The number of likely N-dealkylation sites (N-methyl/N-ethyl adjacent to an activating group) is 1. The first kappa shape index (κ1) is 10.6. The molecule has 0 rings (SSSR count). The van der Waals surface area contributed by atoms with E-state index in [2.05, 4.69) is 16.9 Å². The summed E-state index contributed by atoms with van der Waals surface area (Å²) in [7, 11) is 0. The van der Waals surface area contributed by atoms with Crippen LogP contribution in [0.25, 0.3) is 0 Å². The minimum absolute atomic E-state index is 0.472. The van der Waals surface area contributed by atoms with Crippen molar-refractivity contribution in [3.63, 3.8) is 0 Å². The number of aliphatic imine (C=N–C) groups is 1. The van der Waals surface area contributed by atoms with Crippen LogP contribution in [-0.2, 0) is 0 Å². The minimum Gasteiger partial charge on any atom is -0.397 e. The molecule has 0 aromatic rings. The number of hydrogen-bond acceptors (Lipinski definition) is 3. The van der Waals surface area contributed by atoms with Gasteiger partial charge in [-0.1, -0.05) is 6.58 Å². The second-order valence-corrected chi connectivity index (χ2v) is 2.29. The number of nitrogens with two attached hydrogens (primary N) is 2. The van der Waals surface area contributed by atoms with Crippen LogP contribution in [0.1, 0.15) is 13.8 Å². The SMILES string of the molecule is C=C(N)/C(NCC)=C(/C)N=CN. The van der Waals surface area contributed by atoms with E-state index in [9.17, 15) is 0 Å². The number of allylic oxidation sites excluding steroid dienone is 1. The number of rotatable bonds is 4. The molecular weight excluding hydrogens is 152 g/mol. The van der Waals surface area contributed by atoms with Crippen LogP contribution in [0, 0.1) is 0 Å². The maximum atomic E-state index is 5.52. The molecule has 0 fully saturated rings. The third-order valence-corrected chi connectivity index (χ3v) is 1.30. The van der Waals surface area contributed by atoms with Crippen molar-refractivity contribution in [2.45, 2.75) is 13.8 Å². The summed E-state index contributed by atoms with van der Waals surface area (Å²) in [4.78, 5) is 3.89. The van der Waals surface area contributed by atoms with E-state index in [1.54, 1.807) is 0 Å². The van der Waals surface area contributed by atoms with Crippen LogP contribution in [-0.4, -0.2) is 12.9 Å². The predicted molar refractivity (Wildman–Crippen MR) is 52.4 cm³/mol. The minimum atomic E-state index is 0.472. The van der Waals surface area contributed by atoms with Crippen molar-refractivity contribution in [3.8, 4) is 0 Å². The summed E-state index contributed by atoms with van der Waals surface area (Å²) in [5.41, 5.74) is 12.6. The number of hydrogen-bond donors (Lipinski definition) is 3. The fraction of sp³-hybridized carbons (Fsp3) is 0.375. The molecule has 0 saturated carbocycles. The number of nitrogens with one attached hydrogen (secondary N) is 1. The van der Waals surface area contributed by atoms with Crippen molar-refractivity contribution >= 4 is 6.34 Å². The molecular formula is C8H16N4. The van der Waals surface area contributed by atoms with Crippen molar-refractivity contribution in [2.24, 2.45) is 16.5 Å². The Bertz CT molecular complexity index is 215. The fourth-order valence-electron chi connectivity index (χ4n) is 0.827. The van der Waals surface area contributed by atoms with E-state index in [4.69, 9.17) is 11.5 Å². The Morgan fingerprint density at radius 2 is 2.25 bits per heavy atom. The van der Waals surface area contributed by atoms with Crippen molar-refractivity contribution < 1.29 is 0 Å². The van der Waals surface area contributed by atoms with Gasteiger partial charge >= 0.3 is 0 Å². The molecule has 4 nitrogen and oxygen atoms in total. The van der Waals surface area contributed by atoms with Crippen molar-refractivity contribution in [1.29, 1.82) is 0 Å². The second kappa shape index (κ2) is 5.23. The van der Waals surface area contributed by atoms with E-state index < -0.39 is 0 Å². The van der Waals surface area contributed by atoms with E-state index in [1.807, 2.05) is 13.8 Å². The van der Waals surface area contributed by atoms with Gasteiger partial charge in [0.2, 0.25) is 0 Å². The van der Waals surface area contributed by atoms with Gasteiger partial charge in [-0.15, -0.1) is 0 Å². The van der Waals surface area contributed by atoms with Gasteiger partial charge in [-0.25, -0.2) is 4.99 Å². The maximum absolute atomic E-state index is 5.52. The van der Waals surface area contributed by atoms with E-state index >= 15 is 0 Å². The standard InChI is InChI=1S/C8H16N4/c1-4-11-8(6(2)10)7(3)12-5-9/h5,11H,2,4,10H2,1,3H3,(H2,9,12)/b8-7+. The molecule has 0 aliphatic rings. The first-order valence-electron chi connectivity index (χ1n) is 3.77. The first-order chi connectivity index (χ1) is 5.63. The monoisotopic (exact) mass is 168 g/mol. The lowest BCUT2D eigenvalue weighted by Gasteiger charge is -2.09. The Balaban J connectivity index is 4.67. The molecule has 12 heavy (non-hydrogen) atoms. The van der Waals surface area contributed by atoms with Gasteiger partial charge in [-0.2, -0.15) is 0 Å². The molecule has 0 saturated heterocycles. The van der Waals surface area contributed by atoms with Crippen LogP contribution in [0.15, 0.2) is 28.7 Å². The molecule has 0 bridgehead atoms. The average molecular weight is 168 g/mol. The summed E-state index contributed by atoms with van der Waals surface area (Å²) in [6, 6.07) is 0. The lowest BCUT2D eigenvalue weighted by molar-refractivity contribution is 0.840. The summed E-state index contributed by atoms with van der Waals surface area (Å²) in [5, 5.41) is 3.05. The Kier molecular flexibility index (Phi) is 4.60. The molecule has 0 unspecified atom stereocenters. The van der Waals surface area contributed by atoms with Gasteiger partial charge in [-0.05, 0) is 13.8 Å². The summed E-state index contributed by atoms with van der Waals surface area (Å²) >= 11 is 0. The van der Waals surface area contributed by atoms with Crippen LogP contribution < -0.4 is 16.8 Å². The van der Waals surface area contributed by atoms with E-state index in [-0.39, 0.29) is 0 Å². The maximum Gasteiger partial charge on any atom is 0.0857 e. The lowest BCUT2D eigenvalue weighted by Crippen LogP contribution is -2.19. The highest BCUT2D eigenvalue weighted by atomic mass is 14.9. The summed E-state index contributed by atoms with van der Waals surface area (Å²) < 4.78 is 0. The zero-order valence-electron chi connectivity index (χ0n) is 7.59. The third-order valence-electron chi connectivity index (χ3n) is 1.30. The van der Waals surface area contributed by atoms with Crippen LogP contribution in [0.4, 0.5) is 0 Å². The molecule has 0 amide bonds. The van der Waals surface area contributed by atoms with Crippen molar-refractivity contribution in [2.75, 3.05) is 6.54 Å². The highest BCUT2D eigenvalue weighted by Gasteiger charge is 2.00. The van der Waals surface area contributed by atoms with Gasteiger partial charge in [0, 0.05) is 12.2 Å². The smallest absolute Gasteiger partial charge is 0.0857 e. The summed E-state index contributed by atoms with van der Waals surface area (Å²) in [5.74, 6) is 0. The molecule has 0 aliphatic heterocycles. The average Bonchev–Trinajstić information content (AvgIpc) is 1.99.